The van der Waals surface area contributed by atoms with Crippen molar-refractivity contribution in [2.45, 2.75) is 12.1 Å². The molecule has 37 heavy (non-hydrogen) atoms. The Bertz CT molecular complexity index is 1390. The van der Waals surface area contributed by atoms with E-state index in [0.29, 0.717) is 33.4 Å². The van der Waals surface area contributed by atoms with Crippen molar-refractivity contribution in [3.8, 4) is 23.0 Å². The second-order valence-corrected chi connectivity index (χ2v) is 8.72. The molecule has 4 rings (SSSR count). The van der Waals surface area contributed by atoms with Crippen molar-refractivity contribution in [3.63, 3.8) is 0 Å². The van der Waals surface area contributed by atoms with E-state index in [1.54, 1.807) is 54.6 Å². The lowest BCUT2D eigenvalue weighted by Gasteiger charge is -2.37. The highest BCUT2D eigenvalue weighted by Crippen LogP contribution is 2.45. The number of halogens is 1. The highest BCUT2D eigenvalue weighted by Gasteiger charge is 2.53. The number of rotatable bonds is 9. The predicted molar refractivity (Wildman–Crippen MR) is 138 cm³/mol. The Morgan fingerprint density at radius 2 is 1.59 bits per heavy atom. The zero-order valence-corrected chi connectivity index (χ0v) is 21.5. The number of hydrogen-bond acceptors (Lipinski definition) is 7. The molecule has 192 valence electrons. The molecule has 1 N–H and O–H groups in total. The summed E-state index contributed by atoms with van der Waals surface area (Å²) in [7, 11) is 5.94. The number of benzene rings is 3. The van der Waals surface area contributed by atoms with Gasteiger partial charge < -0.3 is 29.0 Å². The molecule has 1 unspecified atom stereocenters. The third-order valence-electron chi connectivity index (χ3n) is 6.29. The van der Waals surface area contributed by atoms with Crippen molar-refractivity contribution in [3.05, 3.63) is 94.2 Å². The van der Waals surface area contributed by atoms with Gasteiger partial charge in [-0.25, -0.2) is 0 Å². The van der Waals surface area contributed by atoms with Crippen LogP contribution in [-0.2, 0) is 16.9 Å². The number of amides is 1. The fraction of sp³-hybridized carbons (Fsp3) is 0.214. The van der Waals surface area contributed by atoms with E-state index in [-0.39, 0.29) is 17.9 Å². The molecule has 0 bridgehead atoms. The molecule has 0 radical (unpaired) electrons. The van der Waals surface area contributed by atoms with Crippen molar-refractivity contribution in [1.29, 1.82) is 0 Å². The quantitative estimate of drug-likeness (QED) is 0.397. The minimum Gasteiger partial charge on any atom is -0.503 e. The van der Waals surface area contributed by atoms with Crippen LogP contribution >= 0.6 is 11.6 Å². The van der Waals surface area contributed by atoms with Gasteiger partial charge >= 0.3 is 0 Å². The summed E-state index contributed by atoms with van der Waals surface area (Å²) in [6.07, 6.45) is 1.25. The average molecular weight is 524 g/mol. The molecule has 0 saturated heterocycles. The Balaban J connectivity index is 1.98. The van der Waals surface area contributed by atoms with Crippen molar-refractivity contribution >= 4 is 23.3 Å². The lowest BCUT2D eigenvalue weighted by molar-refractivity contribution is -0.131. The first-order valence-corrected chi connectivity index (χ1v) is 11.6. The first-order valence-electron chi connectivity index (χ1n) is 11.3. The van der Waals surface area contributed by atoms with E-state index < -0.39 is 23.0 Å². The molecule has 3 aromatic carbocycles. The summed E-state index contributed by atoms with van der Waals surface area (Å²) in [6.45, 7) is -0.0143. The Morgan fingerprint density at radius 1 is 0.892 bits per heavy atom. The highest BCUT2D eigenvalue weighted by molar-refractivity contribution is 6.31. The summed E-state index contributed by atoms with van der Waals surface area (Å²) in [5, 5.41) is 11.0. The molecule has 3 aromatic rings. The van der Waals surface area contributed by atoms with Gasteiger partial charge in [0.05, 0.1) is 34.0 Å². The summed E-state index contributed by atoms with van der Waals surface area (Å²) in [5.74, 6) is -0.174. The van der Waals surface area contributed by atoms with Gasteiger partial charge in [0.1, 0.15) is 11.5 Å². The van der Waals surface area contributed by atoms with Crippen LogP contribution < -0.4 is 18.9 Å². The van der Waals surface area contributed by atoms with Gasteiger partial charge in [-0.1, -0.05) is 29.8 Å². The molecule has 9 heteroatoms. The van der Waals surface area contributed by atoms with E-state index in [1.165, 1.54) is 45.5 Å². The molecule has 0 saturated carbocycles. The second-order valence-electron chi connectivity index (χ2n) is 8.28. The van der Waals surface area contributed by atoms with Crippen LogP contribution in [0.15, 0.2) is 72.5 Å². The van der Waals surface area contributed by atoms with Gasteiger partial charge in [0.15, 0.2) is 22.8 Å². The van der Waals surface area contributed by atoms with Gasteiger partial charge in [-0.15, -0.1) is 0 Å². The van der Waals surface area contributed by atoms with Crippen LogP contribution in [0.4, 0.5) is 0 Å². The SMILES string of the molecule is COc1cccc(CN2C(=O)C(O)=CC2(C(=O)c2cc(Cl)ccc2OC)c2ccc(OC)c(OC)c2)c1. The molecule has 0 spiro atoms. The summed E-state index contributed by atoms with van der Waals surface area (Å²) in [4.78, 5) is 29.2. The van der Waals surface area contributed by atoms with Crippen molar-refractivity contribution in [1.82, 2.24) is 4.90 Å². The summed E-state index contributed by atoms with van der Waals surface area (Å²) < 4.78 is 21.6. The van der Waals surface area contributed by atoms with Crippen LogP contribution in [0.25, 0.3) is 0 Å². The molecule has 1 aliphatic rings. The number of aliphatic hydroxyl groups is 1. The van der Waals surface area contributed by atoms with E-state index in [1.807, 2.05) is 0 Å². The smallest absolute Gasteiger partial charge is 0.290 e. The maximum absolute atomic E-state index is 14.5. The molecule has 1 heterocycles. The van der Waals surface area contributed by atoms with E-state index >= 15 is 0 Å². The Labute approximate surface area is 219 Å². The molecule has 1 aliphatic heterocycles. The maximum Gasteiger partial charge on any atom is 0.290 e. The molecule has 0 aromatic heterocycles. The molecule has 1 amide bonds. The monoisotopic (exact) mass is 523 g/mol. The molecule has 1 atom stereocenters. The maximum atomic E-state index is 14.5. The number of Topliss-reactive ketones (excluding diaryl/α,β-unsaturated/α-hetero) is 1. The third-order valence-corrected chi connectivity index (χ3v) is 6.52. The number of hydrogen-bond donors (Lipinski definition) is 1. The van der Waals surface area contributed by atoms with Crippen molar-refractivity contribution in [2.24, 2.45) is 0 Å². The van der Waals surface area contributed by atoms with E-state index in [9.17, 15) is 14.7 Å². The lowest BCUT2D eigenvalue weighted by atomic mass is 9.81. The zero-order valence-electron chi connectivity index (χ0n) is 20.8. The first kappa shape index (κ1) is 25.9. The number of carbonyl (C=O) groups excluding carboxylic acids is 2. The van der Waals surface area contributed by atoms with Crippen molar-refractivity contribution in [2.75, 3.05) is 28.4 Å². The molecular formula is C28H26ClNO7. The number of ketones is 1. The van der Waals surface area contributed by atoms with Gasteiger partial charge in [-0.3, -0.25) is 9.59 Å². The van der Waals surface area contributed by atoms with Crippen LogP contribution in [-0.4, -0.2) is 50.1 Å². The third kappa shape index (κ3) is 4.56. The van der Waals surface area contributed by atoms with Gasteiger partial charge in [-0.2, -0.15) is 0 Å². The molecule has 0 aliphatic carbocycles. The van der Waals surface area contributed by atoms with Gasteiger partial charge in [0, 0.05) is 17.6 Å². The van der Waals surface area contributed by atoms with E-state index in [0.717, 1.165) is 0 Å². The molecule has 8 nitrogen and oxygen atoms in total. The minimum atomic E-state index is -1.76. The Hall–Kier alpha value is -4.17. The van der Waals surface area contributed by atoms with Crippen LogP contribution in [0.5, 0.6) is 23.0 Å². The number of aliphatic hydroxyl groups excluding tert-OH is 1. The van der Waals surface area contributed by atoms with E-state index in [2.05, 4.69) is 0 Å². The number of ether oxygens (including phenoxy) is 4. The highest BCUT2D eigenvalue weighted by atomic mass is 35.5. The number of methoxy groups -OCH3 is 4. The number of carbonyl (C=O) groups is 2. The molecule has 0 fully saturated rings. The normalized spacial score (nSPS) is 16.8. The average Bonchev–Trinajstić information content (AvgIpc) is 3.18. The van der Waals surface area contributed by atoms with Crippen molar-refractivity contribution < 1.29 is 33.6 Å². The topological polar surface area (TPSA) is 94.5 Å². The van der Waals surface area contributed by atoms with Gasteiger partial charge in [0.25, 0.3) is 5.91 Å². The number of nitrogens with zero attached hydrogens (tertiary/aromatic N) is 1. The predicted octanol–water partition coefficient (Wildman–Crippen LogP) is 4.94. The van der Waals surface area contributed by atoms with Gasteiger partial charge in [-0.05, 0) is 53.6 Å². The Morgan fingerprint density at radius 3 is 2.27 bits per heavy atom. The fourth-order valence-corrected chi connectivity index (χ4v) is 4.65. The standard InChI is InChI=1S/C28H26ClNO7/c1-34-20-7-5-6-17(12-20)16-30-27(33)22(31)15-28(30,18-8-10-24(36-3)25(13-18)37-4)26(32)21-14-19(29)9-11-23(21)35-2/h5-15,31H,16H2,1-4H3. The second kappa shape index (κ2) is 10.4. The first-order chi connectivity index (χ1) is 17.8. The van der Waals surface area contributed by atoms with E-state index in [4.69, 9.17) is 30.5 Å². The minimum absolute atomic E-state index is 0.0143. The summed E-state index contributed by atoms with van der Waals surface area (Å²) in [5.41, 5.74) is -0.565. The molecular weight excluding hydrogens is 498 g/mol. The van der Waals surface area contributed by atoms with Crippen LogP contribution in [0, 0.1) is 0 Å². The van der Waals surface area contributed by atoms with Crippen LogP contribution in [0.1, 0.15) is 21.5 Å². The Kier molecular flexibility index (Phi) is 7.31. The fourth-order valence-electron chi connectivity index (χ4n) is 4.48. The summed E-state index contributed by atoms with van der Waals surface area (Å²) >= 11 is 6.26. The van der Waals surface area contributed by atoms with Gasteiger partial charge in [0.2, 0.25) is 5.78 Å². The summed E-state index contributed by atoms with van der Waals surface area (Å²) in [6, 6.07) is 16.6. The zero-order chi connectivity index (χ0) is 26.7. The van der Waals surface area contributed by atoms with Crippen LogP contribution in [0.3, 0.4) is 0 Å². The van der Waals surface area contributed by atoms with Crippen LogP contribution in [0.2, 0.25) is 5.02 Å². The largest absolute Gasteiger partial charge is 0.503 e. The lowest BCUT2D eigenvalue weighted by Crippen LogP contribution is -2.49.